The summed E-state index contributed by atoms with van der Waals surface area (Å²) in [7, 11) is 2.01. The Morgan fingerprint density at radius 3 is 2.62 bits per heavy atom. The molecule has 2 rings (SSSR count). The smallest absolute Gasteiger partial charge is 0.367 e. The highest BCUT2D eigenvalue weighted by molar-refractivity contribution is 5.55. The van der Waals surface area contributed by atoms with Gasteiger partial charge in [-0.2, -0.15) is 18.4 Å². The van der Waals surface area contributed by atoms with Crippen LogP contribution in [0, 0.1) is 11.3 Å². The topological polar surface area (TPSA) is 30.3 Å². The van der Waals surface area contributed by atoms with Crippen LogP contribution in [0.2, 0.25) is 0 Å². The minimum atomic E-state index is -4.51. The molecule has 1 aromatic rings. The lowest BCUT2D eigenvalue weighted by Crippen LogP contribution is -2.38. The van der Waals surface area contributed by atoms with Crippen molar-refractivity contribution in [3.05, 3.63) is 29.3 Å². The molecule has 21 heavy (non-hydrogen) atoms. The molecule has 1 aromatic carbocycles. The first kappa shape index (κ1) is 15.6. The highest BCUT2D eigenvalue weighted by Gasteiger charge is 2.34. The number of anilines is 1. The number of hydrogen-bond acceptors (Lipinski definition) is 3. The Morgan fingerprint density at radius 1 is 1.29 bits per heavy atom. The third-order valence-electron chi connectivity index (χ3n) is 3.81. The molecular formula is C15H18F3N3. The zero-order valence-electron chi connectivity index (χ0n) is 12.1. The molecule has 1 aliphatic rings. The average molecular weight is 297 g/mol. The van der Waals surface area contributed by atoms with Crippen molar-refractivity contribution >= 4 is 5.69 Å². The predicted molar refractivity (Wildman–Crippen MR) is 75.1 cm³/mol. The molecule has 1 heterocycles. The van der Waals surface area contributed by atoms with E-state index in [2.05, 4.69) is 4.90 Å². The van der Waals surface area contributed by atoms with Gasteiger partial charge in [-0.3, -0.25) is 0 Å². The minimum absolute atomic E-state index is 0.131. The summed E-state index contributed by atoms with van der Waals surface area (Å²) in [6.45, 7) is 4.46. The minimum Gasteiger partial charge on any atom is -0.367 e. The van der Waals surface area contributed by atoms with Crippen LogP contribution in [0.15, 0.2) is 18.2 Å². The van der Waals surface area contributed by atoms with Crippen LogP contribution in [0.5, 0.6) is 0 Å². The Labute approximate surface area is 122 Å². The lowest BCUT2D eigenvalue weighted by molar-refractivity contribution is -0.137. The number of likely N-dealkylation sites (N-methyl/N-ethyl adjacent to an activating group) is 1. The molecule has 0 amide bonds. The van der Waals surface area contributed by atoms with Gasteiger partial charge in [0.05, 0.1) is 17.2 Å². The molecule has 1 atom stereocenters. The van der Waals surface area contributed by atoms with Crippen LogP contribution in [0.3, 0.4) is 0 Å². The van der Waals surface area contributed by atoms with E-state index in [1.807, 2.05) is 18.9 Å². The molecule has 1 saturated heterocycles. The third-order valence-corrected chi connectivity index (χ3v) is 3.81. The summed E-state index contributed by atoms with van der Waals surface area (Å²) in [5, 5.41) is 8.84. The first-order chi connectivity index (χ1) is 9.82. The van der Waals surface area contributed by atoms with Crippen molar-refractivity contribution in [2.75, 3.05) is 31.6 Å². The quantitative estimate of drug-likeness (QED) is 0.798. The van der Waals surface area contributed by atoms with Gasteiger partial charge in [-0.25, -0.2) is 0 Å². The molecule has 0 N–H and O–H groups in total. The fourth-order valence-corrected chi connectivity index (χ4v) is 2.80. The summed E-state index contributed by atoms with van der Waals surface area (Å²) in [6, 6.07) is 5.71. The van der Waals surface area contributed by atoms with E-state index in [-0.39, 0.29) is 11.6 Å². The van der Waals surface area contributed by atoms with E-state index in [1.54, 1.807) is 12.1 Å². The molecule has 1 fully saturated rings. The molecule has 0 radical (unpaired) electrons. The van der Waals surface area contributed by atoms with Crippen molar-refractivity contribution in [2.45, 2.75) is 25.6 Å². The number of hydrogen-bond donors (Lipinski definition) is 0. The highest BCUT2D eigenvalue weighted by Crippen LogP contribution is 2.35. The Balaban J connectivity index is 2.38. The van der Waals surface area contributed by atoms with Crippen LogP contribution >= 0.6 is 0 Å². The number of rotatable bonds is 1. The molecule has 114 valence electrons. The van der Waals surface area contributed by atoms with Gasteiger partial charge in [0.1, 0.15) is 0 Å². The van der Waals surface area contributed by atoms with Gasteiger partial charge >= 0.3 is 6.18 Å². The van der Waals surface area contributed by atoms with Crippen molar-refractivity contribution in [1.82, 2.24) is 4.90 Å². The summed E-state index contributed by atoms with van der Waals surface area (Å²) >= 11 is 0. The lowest BCUT2D eigenvalue weighted by Gasteiger charge is -2.30. The Morgan fingerprint density at radius 2 is 2.00 bits per heavy atom. The standard InChI is InChI=1S/C15H18F3N3/c1-11-10-20(2)6-3-7-21(11)13-5-4-12(9-19)14(8-13)15(16,17)18/h4-5,8,11H,3,6-7,10H2,1-2H3. The van der Waals surface area contributed by atoms with E-state index >= 15 is 0 Å². The van der Waals surface area contributed by atoms with Crippen LogP contribution in [0.25, 0.3) is 0 Å². The van der Waals surface area contributed by atoms with Crippen molar-refractivity contribution in [1.29, 1.82) is 5.26 Å². The predicted octanol–water partition coefficient (Wildman–Crippen LogP) is 3.11. The normalized spacial score (nSPS) is 21.0. The van der Waals surface area contributed by atoms with Gasteiger partial charge in [0, 0.05) is 24.8 Å². The molecule has 0 saturated carbocycles. The fraction of sp³-hybridized carbons (Fsp3) is 0.533. The van der Waals surface area contributed by atoms with Gasteiger partial charge in [-0.15, -0.1) is 0 Å². The first-order valence-electron chi connectivity index (χ1n) is 6.89. The Hall–Kier alpha value is -1.74. The van der Waals surface area contributed by atoms with Gasteiger partial charge in [-0.1, -0.05) is 0 Å². The summed E-state index contributed by atoms with van der Waals surface area (Å²) in [5.41, 5.74) is -0.651. The summed E-state index contributed by atoms with van der Waals surface area (Å²) < 4.78 is 39.1. The summed E-state index contributed by atoms with van der Waals surface area (Å²) in [6.07, 6.45) is -3.60. The lowest BCUT2D eigenvalue weighted by atomic mass is 10.1. The number of benzene rings is 1. The van der Waals surface area contributed by atoms with Crippen LogP contribution in [-0.2, 0) is 6.18 Å². The zero-order valence-corrected chi connectivity index (χ0v) is 12.1. The van der Waals surface area contributed by atoms with Crippen molar-refractivity contribution in [3.8, 4) is 6.07 Å². The molecular weight excluding hydrogens is 279 g/mol. The van der Waals surface area contributed by atoms with Crippen molar-refractivity contribution < 1.29 is 13.2 Å². The van der Waals surface area contributed by atoms with E-state index in [1.165, 1.54) is 6.07 Å². The van der Waals surface area contributed by atoms with E-state index in [4.69, 9.17) is 5.26 Å². The largest absolute Gasteiger partial charge is 0.417 e. The fourth-order valence-electron chi connectivity index (χ4n) is 2.80. The van der Waals surface area contributed by atoms with Crippen LogP contribution in [0.1, 0.15) is 24.5 Å². The third kappa shape index (κ3) is 3.48. The van der Waals surface area contributed by atoms with Gasteiger partial charge < -0.3 is 9.80 Å². The van der Waals surface area contributed by atoms with Crippen molar-refractivity contribution in [3.63, 3.8) is 0 Å². The van der Waals surface area contributed by atoms with Gasteiger partial charge in [-0.05, 0) is 45.1 Å². The Bertz CT molecular complexity index is 548. The monoisotopic (exact) mass is 297 g/mol. The van der Waals surface area contributed by atoms with Gasteiger partial charge in [0.15, 0.2) is 0 Å². The average Bonchev–Trinajstić information content (AvgIpc) is 2.57. The number of halogens is 3. The van der Waals surface area contributed by atoms with E-state index < -0.39 is 11.7 Å². The molecule has 0 aliphatic carbocycles. The maximum absolute atomic E-state index is 13.0. The zero-order chi connectivity index (χ0) is 15.6. The highest BCUT2D eigenvalue weighted by atomic mass is 19.4. The maximum atomic E-state index is 13.0. The Kier molecular flexibility index (Phi) is 4.43. The first-order valence-corrected chi connectivity index (χ1v) is 6.89. The van der Waals surface area contributed by atoms with Crippen LogP contribution < -0.4 is 4.90 Å². The van der Waals surface area contributed by atoms with Gasteiger partial charge in [0.2, 0.25) is 0 Å². The van der Waals surface area contributed by atoms with Crippen LogP contribution in [0.4, 0.5) is 18.9 Å². The molecule has 1 aliphatic heterocycles. The molecule has 0 bridgehead atoms. The molecule has 0 aromatic heterocycles. The van der Waals surface area contributed by atoms with E-state index in [0.717, 1.165) is 25.6 Å². The summed E-state index contributed by atoms with van der Waals surface area (Å²) in [4.78, 5) is 4.17. The second kappa shape index (κ2) is 5.94. The molecule has 6 heteroatoms. The SMILES string of the molecule is CC1CN(C)CCCN1c1ccc(C#N)c(C(F)(F)F)c1. The number of alkyl halides is 3. The number of nitrogens with zero attached hydrogens (tertiary/aromatic N) is 3. The van der Waals surface area contributed by atoms with Crippen molar-refractivity contribution in [2.24, 2.45) is 0 Å². The van der Waals surface area contributed by atoms with E-state index in [0.29, 0.717) is 12.2 Å². The van der Waals surface area contributed by atoms with Crippen LogP contribution in [-0.4, -0.2) is 37.6 Å². The van der Waals surface area contributed by atoms with E-state index in [9.17, 15) is 13.2 Å². The molecule has 3 nitrogen and oxygen atoms in total. The number of nitriles is 1. The van der Waals surface area contributed by atoms with Gasteiger partial charge in [0.25, 0.3) is 0 Å². The molecule has 0 spiro atoms. The summed E-state index contributed by atoms with van der Waals surface area (Å²) in [5.74, 6) is 0. The second-order valence-electron chi connectivity index (χ2n) is 5.50. The maximum Gasteiger partial charge on any atom is 0.417 e. The second-order valence-corrected chi connectivity index (χ2v) is 5.50. The molecule has 1 unspecified atom stereocenters.